The number of benzene rings is 2. The Hall–Kier alpha value is -3.56. The summed E-state index contributed by atoms with van der Waals surface area (Å²) in [6, 6.07) is 6.47. The normalized spacial score (nSPS) is 15.4. The number of aliphatic carboxylic acids is 1. The molecule has 1 aliphatic carbocycles. The van der Waals surface area contributed by atoms with Crippen molar-refractivity contribution < 1.29 is 45.4 Å². The fourth-order valence-electron chi connectivity index (χ4n) is 4.08. The van der Waals surface area contributed by atoms with Crippen molar-refractivity contribution in [2.75, 3.05) is 0 Å². The van der Waals surface area contributed by atoms with Gasteiger partial charge in [0, 0.05) is 5.56 Å². The number of alkyl halides is 6. The molecule has 0 radical (unpaired) electrons. The predicted molar refractivity (Wildman–Crippen MR) is 127 cm³/mol. The van der Waals surface area contributed by atoms with Crippen molar-refractivity contribution in [3.05, 3.63) is 100 Å². The Morgan fingerprint density at radius 3 is 2.18 bits per heavy atom. The van der Waals surface area contributed by atoms with E-state index in [4.69, 9.17) is 4.74 Å². The fourth-order valence-corrected chi connectivity index (χ4v) is 4.08. The van der Waals surface area contributed by atoms with Gasteiger partial charge < -0.3 is 9.84 Å². The van der Waals surface area contributed by atoms with E-state index in [-0.39, 0.29) is 30.1 Å². The molecule has 0 bridgehead atoms. The van der Waals surface area contributed by atoms with Gasteiger partial charge in [-0.15, -0.1) is 0 Å². The van der Waals surface area contributed by atoms with Gasteiger partial charge in [-0.1, -0.05) is 38.1 Å². The van der Waals surface area contributed by atoms with E-state index in [1.165, 1.54) is 24.3 Å². The van der Waals surface area contributed by atoms with E-state index in [0.717, 1.165) is 24.3 Å². The van der Waals surface area contributed by atoms with E-state index in [1.54, 1.807) is 6.08 Å². The lowest BCUT2D eigenvalue weighted by molar-refractivity contribution is -0.141. The quantitative estimate of drug-likeness (QED) is 0.341. The number of hydrogen-bond acceptors (Lipinski definition) is 2. The molecule has 0 saturated heterocycles. The zero-order valence-corrected chi connectivity index (χ0v) is 20.5. The van der Waals surface area contributed by atoms with Crippen LogP contribution in [0.2, 0.25) is 0 Å². The van der Waals surface area contributed by atoms with Crippen molar-refractivity contribution >= 4 is 11.5 Å². The average molecular weight is 542 g/mol. The second-order valence-electron chi connectivity index (χ2n) is 9.31. The van der Waals surface area contributed by atoms with E-state index >= 15 is 0 Å². The summed E-state index contributed by atoms with van der Waals surface area (Å²) in [7, 11) is 0. The summed E-state index contributed by atoms with van der Waals surface area (Å²) < 4.78 is 98.5. The minimum atomic E-state index is -4.84. The van der Waals surface area contributed by atoms with E-state index in [2.05, 4.69) is 0 Å². The second kappa shape index (κ2) is 11.4. The van der Waals surface area contributed by atoms with Gasteiger partial charge in [0.25, 0.3) is 0 Å². The largest absolute Gasteiger partial charge is 0.489 e. The van der Waals surface area contributed by atoms with Crippen LogP contribution in [0.15, 0.2) is 72.0 Å². The topological polar surface area (TPSA) is 46.5 Å². The number of allylic oxidation sites excluding steroid dienone is 4. The molecular formula is C28H25F7O3. The predicted octanol–water partition coefficient (Wildman–Crippen LogP) is 8.42. The first-order valence-electron chi connectivity index (χ1n) is 11.7. The summed E-state index contributed by atoms with van der Waals surface area (Å²) in [5.74, 6) is -3.03. The molecular weight excluding hydrogens is 517 g/mol. The molecule has 3 rings (SSSR count). The Morgan fingerprint density at radius 2 is 1.63 bits per heavy atom. The summed E-state index contributed by atoms with van der Waals surface area (Å²) in [6.07, 6.45) is -4.45. The van der Waals surface area contributed by atoms with Crippen molar-refractivity contribution in [2.24, 2.45) is 11.8 Å². The van der Waals surface area contributed by atoms with Gasteiger partial charge in [-0.2, -0.15) is 26.3 Å². The van der Waals surface area contributed by atoms with Crippen LogP contribution in [0, 0.1) is 17.7 Å². The molecule has 1 aliphatic rings. The fraction of sp³-hybridized carbons (Fsp3) is 0.321. The molecule has 1 N–H and O–H groups in total. The van der Waals surface area contributed by atoms with Crippen LogP contribution >= 0.6 is 0 Å². The molecule has 3 nitrogen and oxygen atoms in total. The number of carbonyl (C=O) groups is 1. The number of ether oxygens (including phenoxy) is 1. The van der Waals surface area contributed by atoms with Crippen molar-refractivity contribution in [1.82, 2.24) is 0 Å². The van der Waals surface area contributed by atoms with Crippen molar-refractivity contribution in [3.63, 3.8) is 0 Å². The number of halogens is 7. The minimum absolute atomic E-state index is 0.0144. The van der Waals surface area contributed by atoms with Gasteiger partial charge in [-0.05, 0) is 71.9 Å². The molecule has 0 fully saturated rings. The van der Waals surface area contributed by atoms with Gasteiger partial charge >= 0.3 is 18.3 Å². The first-order valence-corrected chi connectivity index (χ1v) is 11.7. The van der Waals surface area contributed by atoms with Crippen molar-refractivity contribution in [3.8, 4) is 0 Å². The molecule has 204 valence electrons. The van der Waals surface area contributed by atoms with Gasteiger partial charge in [0.2, 0.25) is 0 Å². The third-order valence-electron chi connectivity index (χ3n) is 5.95. The van der Waals surface area contributed by atoms with Gasteiger partial charge in [0.1, 0.15) is 18.2 Å². The Bertz CT molecular complexity index is 1250. The monoisotopic (exact) mass is 542 g/mol. The van der Waals surface area contributed by atoms with E-state index in [9.17, 15) is 40.6 Å². The maximum Gasteiger partial charge on any atom is 0.416 e. The van der Waals surface area contributed by atoms with Crippen LogP contribution in [0.1, 0.15) is 48.9 Å². The first kappa shape index (κ1) is 29.0. The lowest BCUT2D eigenvalue weighted by atomic mass is 9.88. The first-order chi connectivity index (χ1) is 17.6. The highest BCUT2D eigenvalue weighted by atomic mass is 19.4. The summed E-state index contributed by atoms with van der Waals surface area (Å²) >= 11 is 0. The van der Waals surface area contributed by atoms with Crippen LogP contribution in [0.5, 0.6) is 0 Å². The molecule has 0 heterocycles. The molecule has 0 amide bonds. The lowest BCUT2D eigenvalue weighted by Gasteiger charge is -2.18. The number of carboxylic acid groups (broad SMARTS) is 1. The third-order valence-corrected chi connectivity index (χ3v) is 5.95. The van der Waals surface area contributed by atoms with E-state index in [0.29, 0.717) is 22.8 Å². The number of rotatable bonds is 8. The molecule has 0 spiro atoms. The maximum atomic E-state index is 13.5. The summed E-state index contributed by atoms with van der Waals surface area (Å²) in [4.78, 5) is 12.0. The lowest BCUT2D eigenvalue weighted by Crippen LogP contribution is -2.18. The van der Waals surface area contributed by atoms with Crippen LogP contribution in [0.25, 0.3) is 5.57 Å². The average Bonchev–Trinajstić information content (AvgIpc) is 3.03. The standard InChI is InChI=1S/C28H25F7O3/c1-16(2)11-24(26(36)37)19-4-3-18(17-5-8-21(9-6-17)27(30,31)32)12-23(13-19)38-15-20-7-10-22(29)14-25(20)28(33,34)35/h3,5-10,12-14,16,24H,4,11,15H2,1-2H3,(H,36,37). The molecule has 0 aromatic heterocycles. The highest BCUT2D eigenvalue weighted by molar-refractivity contribution is 5.78. The van der Waals surface area contributed by atoms with Gasteiger partial charge in [0.15, 0.2) is 0 Å². The van der Waals surface area contributed by atoms with Gasteiger partial charge in [-0.25, -0.2) is 4.39 Å². The highest BCUT2D eigenvalue weighted by Crippen LogP contribution is 2.36. The molecule has 38 heavy (non-hydrogen) atoms. The molecule has 10 heteroatoms. The highest BCUT2D eigenvalue weighted by Gasteiger charge is 2.34. The summed E-state index contributed by atoms with van der Waals surface area (Å²) in [6.45, 7) is 3.08. The summed E-state index contributed by atoms with van der Waals surface area (Å²) in [5, 5.41) is 9.81. The van der Waals surface area contributed by atoms with Crippen LogP contribution in [-0.4, -0.2) is 11.1 Å². The zero-order valence-electron chi connectivity index (χ0n) is 20.5. The third kappa shape index (κ3) is 7.49. The Morgan fingerprint density at radius 1 is 0.974 bits per heavy atom. The Balaban J connectivity index is 2.01. The van der Waals surface area contributed by atoms with Crippen molar-refractivity contribution in [1.29, 1.82) is 0 Å². The van der Waals surface area contributed by atoms with Crippen molar-refractivity contribution in [2.45, 2.75) is 45.6 Å². The van der Waals surface area contributed by atoms with Crippen LogP contribution in [-0.2, 0) is 28.5 Å². The second-order valence-corrected chi connectivity index (χ2v) is 9.31. The number of carboxylic acids is 1. The molecule has 1 atom stereocenters. The molecule has 0 aliphatic heterocycles. The summed E-state index contributed by atoms with van der Waals surface area (Å²) in [5.41, 5.74) is -1.19. The van der Waals surface area contributed by atoms with Gasteiger partial charge in [-0.3, -0.25) is 4.79 Å². The maximum absolute atomic E-state index is 13.5. The molecule has 0 saturated carbocycles. The molecule has 2 aromatic rings. The molecule has 1 unspecified atom stereocenters. The van der Waals surface area contributed by atoms with E-state index < -0.39 is 47.8 Å². The van der Waals surface area contributed by atoms with E-state index in [1.807, 2.05) is 13.8 Å². The zero-order chi connectivity index (χ0) is 28.3. The smallest absolute Gasteiger partial charge is 0.416 e. The SMILES string of the molecule is CC(C)CC(C(=O)O)C1=CC(OCc2ccc(F)cc2C(F)(F)F)=CC(c2ccc(C(F)(F)F)cc2)=CC1. The Kier molecular flexibility index (Phi) is 8.74. The van der Waals surface area contributed by atoms with Crippen LogP contribution in [0.4, 0.5) is 30.7 Å². The Labute approximate surface area is 214 Å². The molecule has 2 aromatic carbocycles. The van der Waals surface area contributed by atoms with Crippen LogP contribution in [0.3, 0.4) is 0 Å². The van der Waals surface area contributed by atoms with Crippen LogP contribution < -0.4 is 0 Å². The number of hydrogen-bond donors (Lipinski definition) is 1. The van der Waals surface area contributed by atoms with Gasteiger partial charge in [0.05, 0.1) is 17.0 Å². The minimum Gasteiger partial charge on any atom is -0.489 e.